The van der Waals surface area contributed by atoms with Gasteiger partial charge in [0.05, 0.1) is 17.9 Å². The van der Waals surface area contributed by atoms with Gasteiger partial charge in [-0.1, -0.05) is 85.3 Å². The Morgan fingerprint density at radius 2 is 1.54 bits per heavy atom. The number of esters is 2. The van der Waals surface area contributed by atoms with Crippen LogP contribution in [-0.4, -0.2) is 63.6 Å². The Morgan fingerprint density at radius 3 is 2.15 bits per heavy atom. The van der Waals surface area contributed by atoms with Crippen molar-refractivity contribution in [3.05, 3.63) is 23.3 Å². The van der Waals surface area contributed by atoms with Gasteiger partial charge < -0.3 is 24.8 Å². The number of aliphatic hydroxyl groups excluding tert-OH is 2. The number of unbranched alkanes of at least 4 members (excludes halogenated alkanes) is 6. The maximum atomic E-state index is 14.7. The van der Waals surface area contributed by atoms with Crippen molar-refractivity contribution in [2.45, 2.75) is 136 Å². The second-order valence-corrected chi connectivity index (χ2v) is 13.3. The fourth-order valence-corrected chi connectivity index (χ4v) is 7.60. The SMILES string of the molecule is CCCCCCCC(=O)O[C@@H]1[C@@H]2C=C(CO)[C@@H](O)[C@]3(O)[C@@H](OC(=O)CCCCC)C(C)=C[C@@]3(C2=O)[C@H](C)CC1(C)C. The standard InChI is InChI=1S/C33H52O8/c1-7-9-11-12-14-16-26(36)41-30-24-17-23(20-34)27(37)33(39)29(40-25(35)15-13-10-8-2)21(3)18-32(33,28(24)38)22(4)19-31(30,5)6/h17-18,22,24,27,29-30,34,37,39H,7-16,19-20H2,1-6H3/t22-,24-,27-,29+,30-,32+,33+/m1/s1. The maximum absolute atomic E-state index is 14.7. The van der Waals surface area contributed by atoms with Gasteiger partial charge in [-0.25, -0.2) is 0 Å². The molecule has 8 heteroatoms. The summed E-state index contributed by atoms with van der Waals surface area (Å²) in [6.45, 7) is 11.0. The van der Waals surface area contributed by atoms with Crippen molar-refractivity contribution in [2.75, 3.05) is 6.61 Å². The first-order chi connectivity index (χ1) is 19.3. The molecule has 0 aromatic carbocycles. The van der Waals surface area contributed by atoms with E-state index < -0.39 is 64.9 Å². The topological polar surface area (TPSA) is 130 Å². The van der Waals surface area contributed by atoms with E-state index in [1.165, 1.54) is 6.08 Å². The quantitative estimate of drug-likeness (QED) is 0.159. The van der Waals surface area contributed by atoms with Gasteiger partial charge in [0.2, 0.25) is 0 Å². The number of rotatable bonds is 13. The summed E-state index contributed by atoms with van der Waals surface area (Å²) in [4.78, 5) is 40.6. The summed E-state index contributed by atoms with van der Waals surface area (Å²) >= 11 is 0. The molecule has 0 saturated heterocycles. The molecule has 3 aliphatic carbocycles. The van der Waals surface area contributed by atoms with Crippen LogP contribution in [0.25, 0.3) is 0 Å². The van der Waals surface area contributed by atoms with Gasteiger partial charge in [-0.05, 0) is 43.3 Å². The van der Waals surface area contributed by atoms with Crippen molar-refractivity contribution in [3.8, 4) is 0 Å². The molecule has 0 radical (unpaired) electrons. The number of hydrogen-bond acceptors (Lipinski definition) is 8. The van der Waals surface area contributed by atoms with Crippen LogP contribution in [0.3, 0.4) is 0 Å². The molecule has 1 saturated carbocycles. The van der Waals surface area contributed by atoms with E-state index >= 15 is 0 Å². The molecule has 8 nitrogen and oxygen atoms in total. The van der Waals surface area contributed by atoms with Crippen molar-refractivity contribution in [2.24, 2.45) is 22.7 Å². The molecule has 3 N–H and O–H groups in total. The smallest absolute Gasteiger partial charge is 0.306 e. The lowest BCUT2D eigenvalue weighted by Gasteiger charge is -2.48. The highest BCUT2D eigenvalue weighted by Gasteiger charge is 2.73. The van der Waals surface area contributed by atoms with Crippen LogP contribution in [0.5, 0.6) is 0 Å². The zero-order valence-corrected chi connectivity index (χ0v) is 25.9. The second kappa shape index (κ2) is 13.5. The van der Waals surface area contributed by atoms with E-state index in [1.54, 1.807) is 13.0 Å². The predicted molar refractivity (Wildman–Crippen MR) is 156 cm³/mol. The third-order valence-corrected chi connectivity index (χ3v) is 9.67. The number of Topliss-reactive ketones (excluding diaryl/α,β-unsaturated/α-hetero) is 1. The highest BCUT2D eigenvalue weighted by atomic mass is 16.6. The molecule has 0 aliphatic heterocycles. The molecule has 0 unspecified atom stereocenters. The third-order valence-electron chi connectivity index (χ3n) is 9.67. The highest BCUT2D eigenvalue weighted by Crippen LogP contribution is 2.61. The first-order valence-electron chi connectivity index (χ1n) is 15.7. The Balaban J connectivity index is 2.03. The van der Waals surface area contributed by atoms with Gasteiger partial charge in [0.1, 0.15) is 12.2 Å². The van der Waals surface area contributed by atoms with Crippen LogP contribution in [0, 0.1) is 22.7 Å². The van der Waals surface area contributed by atoms with Gasteiger partial charge in [0.25, 0.3) is 0 Å². The molecule has 0 heterocycles. The molecule has 232 valence electrons. The fraction of sp³-hybridized carbons (Fsp3) is 0.788. The molecule has 3 rings (SSSR count). The van der Waals surface area contributed by atoms with E-state index in [2.05, 4.69) is 6.92 Å². The number of aliphatic hydroxyl groups is 3. The molecule has 7 atom stereocenters. The number of hydrogen-bond donors (Lipinski definition) is 3. The summed E-state index contributed by atoms with van der Waals surface area (Å²) in [5, 5.41) is 34.6. The third kappa shape index (κ3) is 6.21. The Labute approximate surface area is 245 Å². The molecule has 3 aliphatic rings. The summed E-state index contributed by atoms with van der Waals surface area (Å²) in [5.41, 5.74) is -3.99. The minimum Gasteiger partial charge on any atom is -0.461 e. The fourth-order valence-electron chi connectivity index (χ4n) is 7.60. The molecule has 2 bridgehead atoms. The van der Waals surface area contributed by atoms with Gasteiger partial charge in [0, 0.05) is 18.3 Å². The summed E-state index contributed by atoms with van der Waals surface area (Å²) in [5.74, 6) is -2.80. The number of ketones is 1. The van der Waals surface area contributed by atoms with Crippen molar-refractivity contribution in [1.29, 1.82) is 0 Å². The summed E-state index contributed by atoms with van der Waals surface area (Å²) < 4.78 is 11.9. The van der Waals surface area contributed by atoms with E-state index in [4.69, 9.17) is 9.47 Å². The summed E-state index contributed by atoms with van der Waals surface area (Å²) in [7, 11) is 0. The van der Waals surface area contributed by atoms with Crippen LogP contribution >= 0.6 is 0 Å². The second-order valence-electron chi connectivity index (χ2n) is 13.3. The van der Waals surface area contributed by atoms with Crippen LogP contribution in [0.1, 0.15) is 112 Å². The molecular weight excluding hydrogens is 524 g/mol. The van der Waals surface area contributed by atoms with Gasteiger partial charge in [-0.3, -0.25) is 14.4 Å². The average Bonchev–Trinajstić information content (AvgIpc) is 3.08. The van der Waals surface area contributed by atoms with Crippen LogP contribution in [0.4, 0.5) is 0 Å². The molecule has 0 amide bonds. The molecule has 0 aromatic heterocycles. The predicted octanol–water partition coefficient (Wildman–Crippen LogP) is 4.97. The minimum atomic E-state index is -2.23. The Morgan fingerprint density at radius 1 is 0.976 bits per heavy atom. The van der Waals surface area contributed by atoms with E-state index in [-0.39, 0.29) is 24.4 Å². The van der Waals surface area contributed by atoms with E-state index in [9.17, 15) is 29.7 Å². The molecule has 0 aromatic rings. The lowest BCUT2D eigenvalue weighted by molar-refractivity contribution is -0.203. The zero-order valence-electron chi connectivity index (χ0n) is 25.9. The van der Waals surface area contributed by atoms with E-state index in [0.717, 1.165) is 38.5 Å². The first kappa shape index (κ1) is 33.5. The van der Waals surface area contributed by atoms with E-state index in [0.29, 0.717) is 24.8 Å². The number of carbonyl (C=O) groups is 3. The molecule has 41 heavy (non-hydrogen) atoms. The summed E-state index contributed by atoms with van der Waals surface area (Å²) in [6.07, 6.45) is 7.48. The Hall–Kier alpha value is -2.03. The van der Waals surface area contributed by atoms with E-state index in [1.807, 2.05) is 27.7 Å². The average molecular weight is 577 g/mol. The zero-order chi connectivity index (χ0) is 30.6. The monoisotopic (exact) mass is 576 g/mol. The van der Waals surface area contributed by atoms with Gasteiger partial charge in [-0.2, -0.15) is 0 Å². The molecule has 1 spiro atoms. The number of ether oxygens (including phenoxy) is 2. The normalized spacial score (nSPS) is 34.2. The molecule has 1 fully saturated rings. The van der Waals surface area contributed by atoms with Crippen LogP contribution < -0.4 is 0 Å². The van der Waals surface area contributed by atoms with Gasteiger partial charge >= 0.3 is 11.9 Å². The largest absolute Gasteiger partial charge is 0.461 e. The van der Waals surface area contributed by atoms with Gasteiger partial charge in [0.15, 0.2) is 17.5 Å². The highest BCUT2D eigenvalue weighted by molar-refractivity contribution is 5.95. The Bertz CT molecular complexity index is 1030. The number of carbonyl (C=O) groups excluding carboxylic acids is 3. The van der Waals surface area contributed by atoms with Crippen molar-refractivity contribution >= 4 is 17.7 Å². The number of fused-ring (bicyclic) bond motifs is 1. The molecular formula is C33H52O8. The minimum absolute atomic E-state index is 0.0494. The summed E-state index contributed by atoms with van der Waals surface area (Å²) in [6, 6.07) is 0. The van der Waals surface area contributed by atoms with Crippen molar-refractivity contribution in [1.82, 2.24) is 0 Å². The lowest BCUT2D eigenvalue weighted by atomic mass is 9.59. The maximum Gasteiger partial charge on any atom is 0.306 e. The Kier molecular flexibility index (Phi) is 11.0. The van der Waals surface area contributed by atoms with Crippen molar-refractivity contribution in [3.63, 3.8) is 0 Å². The van der Waals surface area contributed by atoms with Crippen molar-refractivity contribution < 1.29 is 39.2 Å². The van der Waals surface area contributed by atoms with Crippen LogP contribution in [0.2, 0.25) is 0 Å². The first-order valence-corrected chi connectivity index (χ1v) is 15.7. The van der Waals surface area contributed by atoms with Crippen LogP contribution in [-0.2, 0) is 23.9 Å². The van der Waals surface area contributed by atoms with Crippen LogP contribution in [0.15, 0.2) is 23.3 Å². The van der Waals surface area contributed by atoms with Gasteiger partial charge in [-0.15, -0.1) is 0 Å². The lowest BCUT2D eigenvalue weighted by Crippen LogP contribution is -2.65.